The van der Waals surface area contributed by atoms with E-state index in [0.29, 0.717) is 5.65 Å². The standard InChI is InChI=1S/C17H20N6O2/c1-10(2)19-14(24)8-22-9-18-16-15(17(22)25)20-21-23(16)13-6-5-11(3)12(4)7-13/h5-7,9-10H,8H2,1-4H3,(H,19,24). The molecule has 1 N–H and O–H groups in total. The summed E-state index contributed by atoms with van der Waals surface area (Å²) in [6.45, 7) is 7.65. The Balaban J connectivity index is 2.00. The minimum atomic E-state index is -0.390. The summed E-state index contributed by atoms with van der Waals surface area (Å²) in [6.07, 6.45) is 1.35. The van der Waals surface area contributed by atoms with Gasteiger partial charge in [-0.05, 0) is 51.0 Å². The number of aromatic nitrogens is 5. The number of nitrogens with zero attached hydrogens (tertiary/aromatic N) is 5. The van der Waals surface area contributed by atoms with Gasteiger partial charge in [-0.1, -0.05) is 11.3 Å². The molecule has 0 saturated heterocycles. The zero-order valence-electron chi connectivity index (χ0n) is 14.6. The number of hydrogen-bond acceptors (Lipinski definition) is 5. The lowest BCUT2D eigenvalue weighted by molar-refractivity contribution is -0.122. The van der Waals surface area contributed by atoms with Gasteiger partial charge in [-0.2, -0.15) is 4.68 Å². The third-order valence-electron chi connectivity index (χ3n) is 3.93. The average Bonchev–Trinajstić information content (AvgIpc) is 2.97. The van der Waals surface area contributed by atoms with Crippen LogP contribution < -0.4 is 10.9 Å². The molecule has 3 rings (SSSR count). The van der Waals surface area contributed by atoms with Crippen molar-refractivity contribution in [3.63, 3.8) is 0 Å². The van der Waals surface area contributed by atoms with E-state index in [1.807, 2.05) is 45.9 Å². The molecule has 1 aromatic carbocycles. The van der Waals surface area contributed by atoms with E-state index in [1.165, 1.54) is 21.1 Å². The maximum atomic E-state index is 12.5. The molecule has 0 aliphatic heterocycles. The minimum absolute atomic E-state index is 0.00513. The van der Waals surface area contributed by atoms with Gasteiger partial charge >= 0.3 is 0 Å². The van der Waals surface area contributed by atoms with Crippen molar-refractivity contribution in [1.82, 2.24) is 29.9 Å². The number of carbonyl (C=O) groups excluding carboxylic acids is 1. The quantitative estimate of drug-likeness (QED) is 0.768. The van der Waals surface area contributed by atoms with Crippen LogP contribution in [0.1, 0.15) is 25.0 Å². The molecule has 2 aromatic heterocycles. The van der Waals surface area contributed by atoms with Gasteiger partial charge in [-0.3, -0.25) is 14.2 Å². The van der Waals surface area contributed by atoms with Gasteiger partial charge in [-0.15, -0.1) is 5.10 Å². The van der Waals surface area contributed by atoms with Gasteiger partial charge in [0.25, 0.3) is 5.56 Å². The summed E-state index contributed by atoms with van der Waals surface area (Å²) < 4.78 is 2.77. The Morgan fingerprint density at radius 2 is 2.00 bits per heavy atom. The molecule has 8 nitrogen and oxygen atoms in total. The molecule has 0 radical (unpaired) electrons. The first-order valence-corrected chi connectivity index (χ1v) is 8.04. The van der Waals surface area contributed by atoms with E-state index < -0.39 is 0 Å². The monoisotopic (exact) mass is 340 g/mol. The average molecular weight is 340 g/mol. The first-order valence-electron chi connectivity index (χ1n) is 8.04. The van der Waals surface area contributed by atoms with E-state index in [0.717, 1.165) is 11.3 Å². The van der Waals surface area contributed by atoms with Gasteiger partial charge in [0.2, 0.25) is 5.91 Å². The first-order chi connectivity index (χ1) is 11.9. The minimum Gasteiger partial charge on any atom is -0.352 e. The lowest BCUT2D eigenvalue weighted by Crippen LogP contribution is -2.36. The van der Waals surface area contributed by atoms with Crippen molar-refractivity contribution < 1.29 is 4.79 Å². The number of rotatable bonds is 4. The Hall–Kier alpha value is -3.03. The molecule has 0 fully saturated rings. The summed E-state index contributed by atoms with van der Waals surface area (Å²) in [5, 5.41) is 10.8. The molecule has 0 atom stereocenters. The normalized spacial score (nSPS) is 11.2. The van der Waals surface area contributed by atoms with Crippen molar-refractivity contribution in [2.75, 3.05) is 0 Å². The number of fused-ring (bicyclic) bond motifs is 1. The number of nitrogens with one attached hydrogen (secondary N) is 1. The van der Waals surface area contributed by atoms with Crippen LogP contribution in [0.3, 0.4) is 0 Å². The van der Waals surface area contributed by atoms with E-state index in [9.17, 15) is 9.59 Å². The van der Waals surface area contributed by atoms with E-state index >= 15 is 0 Å². The Labute approximate surface area is 144 Å². The van der Waals surface area contributed by atoms with Crippen LogP contribution in [0.4, 0.5) is 0 Å². The van der Waals surface area contributed by atoms with Crippen molar-refractivity contribution in [3.05, 3.63) is 46.0 Å². The lowest BCUT2D eigenvalue weighted by atomic mass is 10.1. The van der Waals surface area contributed by atoms with Gasteiger partial charge in [0.05, 0.1) is 5.69 Å². The van der Waals surface area contributed by atoms with E-state index in [2.05, 4.69) is 20.6 Å². The third-order valence-corrected chi connectivity index (χ3v) is 3.93. The Morgan fingerprint density at radius 1 is 1.24 bits per heavy atom. The summed E-state index contributed by atoms with van der Waals surface area (Å²) in [5.41, 5.74) is 3.18. The fourth-order valence-corrected chi connectivity index (χ4v) is 2.51. The molecule has 1 amide bonds. The second-order valence-electron chi connectivity index (χ2n) is 6.34. The molecule has 130 valence electrons. The number of hydrogen-bond donors (Lipinski definition) is 1. The molecule has 0 unspecified atom stereocenters. The summed E-state index contributed by atoms with van der Waals surface area (Å²) in [4.78, 5) is 28.7. The Morgan fingerprint density at radius 3 is 2.68 bits per heavy atom. The Kier molecular flexibility index (Phi) is 4.35. The van der Waals surface area contributed by atoms with Crippen LogP contribution in [0.2, 0.25) is 0 Å². The van der Waals surface area contributed by atoms with Gasteiger partial charge in [0, 0.05) is 6.04 Å². The fourth-order valence-electron chi connectivity index (χ4n) is 2.51. The van der Waals surface area contributed by atoms with Gasteiger partial charge in [0.1, 0.15) is 12.9 Å². The fraction of sp³-hybridized carbons (Fsp3) is 0.353. The highest BCUT2D eigenvalue weighted by Gasteiger charge is 2.15. The molecule has 3 aromatic rings. The molecule has 0 saturated carbocycles. The second kappa shape index (κ2) is 6.46. The molecule has 8 heteroatoms. The maximum absolute atomic E-state index is 12.5. The smallest absolute Gasteiger partial charge is 0.284 e. The van der Waals surface area contributed by atoms with Crippen molar-refractivity contribution >= 4 is 17.1 Å². The zero-order valence-corrected chi connectivity index (χ0v) is 14.6. The van der Waals surface area contributed by atoms with E-state index in [-0.39, 0.29) is 29.6 Å². The second-order valence-corrected chi connectivity index (χ2v) is 6.34. The van der Waals surface area contributed by atoms with Crippen LogP contribution in [0.5, 0.6) is 0 Å². The summed E-state index contributed by atoms with van der Waals surface area (Å²) >= 11 is 0. The summed E-state index contributed by atoms with van der Waals surface area (Å²) in [6, 6.07) is 5.85. The van der Waals surface area contributed by atoms with Crippen LogP contribution in [0.15, 0.2) is 29.3 Å². The molecule has 2 heterocycles. The molecule has 0 aliphatic carbocycles. The number of amides is 1. The first kappa shape index (κ1) is 16.8. The number of aryl methyl sites for hydroxylation is 2. The zero-order chi connectivity index (χ0) is 18.1. The van der Waals surface area contributed by atoms with Crippen molar-refractivity contribution in [1.29, 1.82) is 0 Å². The Bertz CT molecular complexity index is 1000. The van der Waals surface area contributed by atoms with Gasteiger partial charge < -0.3 is 5.32 Å². The number of carbonyl (C=O) groups is 1. The van der Waals surface area contributed by atoms with Crippen LogP contribution in [-0.4, -0.2) is 36.5 Å². The maximum Gasteiger partial charge on any atom is 0.284 e. The van der Waals surface area contributed by atoms with Crippen LogP contribution in [0.25, 0.3) is 16.9 Å². The summed E-state index contributed by atoms with van der Waals surface area (Å²) in [7, 11) is 0. The van der Waals surface area contributed by atoms with Crippen molar-refractivity contribution in [2.24, 2.45) is 0 Å². The molecule has 25 heavy (non-hydrogen) atoms. The number of benzene rings is 1. The van der Waals surface area contributed by atoms with Crippen molar-refractivity contribution in [3.8, 4) is 5.69 Å². The van der Waals surface area contributed by atoms with Crippen LogP contribution in [-0.2, 0) is 11.3 Å². The predicted molar refractivity (Wildman–Crippen MR) is 93.7 cm³/mol. The van der Waals surface area contributed by atoms with Crippen LogP contribution >= 0.6 is 0 Å². The molecular formula is C17H20N6O2. The van der Waals surface area contributed by atoms with Gasteiger partial charge in [-0.25, -0.2) is 4.98 Å². The SMILES string of the molecule is Cc1ccc(-n2nnc3c(=O)n(CC(=O)NC(C)C)cnc32)cc1C. The molecule has 0 bridgehead atoms. The summed E-state index contributed by atoms with van der Waals surface area (Å²) in [5.74, 6) is -0.250. The lowest BCUT2D eigenvalue weighted by Gasteiger charge is -2.09. The van der Waals surface area contributed by atoms with Crippen LogP contribution in [0, 0.1) is 13.8 Å². The molecular weight excluding hydrogens is 320 g/mol. The van der Waals surface area contributed by atoms with Crippen molar-refractivity contribution in [2.45, 2.75) is 40.3 Å². The topological polar surface area (TPSA) is 94.7 Å². The largest absolute Gasteiger partial charge is 0.352 e. The predicted octanol–water partition coefficient (Wildman–Crippen LogP) is 1.12. The highest BCUT2D eigenvalue weighted by Crippen LogP contribution is 2.15. The molecule has 0 aliphatic rings. The highest BCUT2D eigenvalue weighted by atomic mass is 16.2. The van der Waals surface area contributed by atoms with Gasteiger partial charge in [0.15, 0.2) is 11.2 Å². The van der Waals surface area contributed by atoms with E-state index in [1.54, 1.807) is 0 Å². The highest BCUT2D eigenvalue weighted by molar-refractivity contribution is 5.76. The molecule has 0 spiro atoms. The van der Waals surface area contributed by atoms with E-state index in [4.69, 9.17) is 0 Å². The third kappa shape index (κ3) is 3.28.